The highest BCUT2D eigenvalue weighted by molar-refractivity contribution is 9.10. The molecular weight excluding hydrogens is 602 g/mol. The molecule has 0 saturated carbocycles. The van der Waals surface area contributed by atoms with Gasteiger partial charge in [0.2, 0.25) is 5.91 Å². The van der Waals surface area contributed by atoms with Crippen LogP contribution >= 0.6 is 15.9 Å². The van der Waals surface area contributed by atoms with Crippen LogP contribution in [0.25, 0.3) is 10.8 Å². The number of nitrogens with zero attached hydrogens (tertiary/aromatic N) is 3. The number of rotatable bonds is 8. The van der Waals surface area contributed by atoms with Gasteiger partial charge in [0.05, 0.1) is 23.9 Å². The van der Waals surface area contributed by atoms with E-state index in [-0.39, 0.29) is 25.0 Å². The number of nitrogens with one attached hydrogen (secondary N) is 2. The zero-order valence-electron chi connectivity index (χ0n) is 23.9. The zero-order chi connectivity index (χ0) is 29.8. The van der Waals surface area contributed by atoms with Gasteiger partial charge in [0.15, 0.2) is 12.0 Å². The standard InChI is InChI=1S/C31H38BrN5O5/c1-20(33-2)29(39)34-26-19-42-28-24(30(40)36-14-12-35(13-15-36)16-17-38)8-5-9-27(28)37(31(26)41)18-21-10-11-25(32)23-7-4-3-6-22(21)23/h3-11,20,26,31,33,38,41H,12-19H2,1-2H3,(H,34,39)/t20-,26-,31?/m0/s1. The number of aliphatic hydroxyl groups is 2. The summed E-state index contributed by atoms with van der Waals surface area (Å²) in [5.41, 5.74) is 1.97. The van der Waals surface area contributed by atoms with Gasteiger partial charge in [-0.15, -0.1) is 0 Å². The zero-order valence-corrected chi connectivity index (χ0v) is 25.5. The Balaban J connectivity index is 1.52. The van der Waals surface area contributed by atoms with E-state index in [0.717, 1.165) is 20.8 Å². The summed E-state index contributed by atoms with van der Waals surface area (Å²) >= 11 is 3.65. The van der Waals surface area contributed by atoms with Crippen molar-refractivity contribution in [3.05, 3.63) is 70.2 Å². The predicted octanol–water partition coefficient (Wildman–Crippen LogP) is 2.16. The number of anilines is 1. The average Bonchev–Trinajstić information content (AvgIpc) is 3.14. The summed E-state index contributed by atoms with van der Waals surface area (Å²) < 4.78 is 7.26. The number of carbonyl (C=O) groups excluding carboxylic acids is 2. The molecule has 2 aliphatic heterocycles. The largest absolute Gasteiger partial charge is 0.488 e. The van der Waals surface area contributed by atoms with Gasteiger partial charge in [0.1, 0.15) is 12.6 Å². The van der Waals surface area contributed by atoms with Crippen molar-refractivity contribution in [1.82, 2.24) is 20.4 Å². The van der Waals surface area contributed by atoms with E-state index in [2.05, 4.69) is 31.5 Å². The molecule has 0 bridgehead atoms. The number of ether oxygens (including phenoxy) is 1. The molecule has 2 heterocycles. The minimum Gasteiger partial charge on any atom is -0.488 e. The van der Waals surface area contributed by atoms with Crippen LogP contribution in [0.3, 0.4) is 0 Å². The lowest BCUT2D eigenvalue weighted by Crippen LogP contribution is -2.56. The second-order valence-corrected chi connectivity index (χ2v) is 11.6. The fourth-order valence-electron chi connectivity index (χ4n) is 5.56. The van der Waals surface area contributed by atoms with Crippen LogP contribution in [0.4, 0.5) is 5.69 Å². The molecule has 10 nitrogen and oxygen atoms in total. The van der Waals surface area contributed by atoms with Crippen molar-refractivity contribution >= 4 is 44.2 Å². The first kappa shape index (κ1) is 30.2. The molecule has 1 fully saturated rings. The molecular formula is C31H38BrN5O5. The summed E-state index contributed by atoms with van der Waals surface area (Å²) in [4.78, 5) is 32.4. The van der Waals surface area contributed by atoms with Crippen LogP contribution < -0.4 is 20.3 Å². The van der Waals surface area contributed by atoms with Gasteiger partial charge in [0.25, 0.3) is 5.91 Å². The summed E-state index contributed by atoms with van der Waals surface area (Å²) in [5.74, 6) is -0.0216. The van der Waals surface area contributed by atoms with Gasteiger partial charge >= 0.3 is 0 Å². The number of fused-ring (bicyclic) bond motifs is 2. The lowest BCUT2D eigenvalue weighted by molar-refractivity contribution is -0.124. The number of amides is 2. The highest BCUT2D eigenvalue weighted by Crippen LogP contribution is 2.39. The molecule has 1 saturated heterocycles. The average molecular weight is 641 g/mol. The number of piperazine rings is 1. The van der Waals surface area contributed by atoms with Crippen LogP contribution in [-0.4, -0.2) is 103 Å². The third-order valence-electron chi connectivity index (χ3n) is 8.15. The molecule has 11 heteroatoms. The Labute approximate surface area is 254 Å². The fourth-order valence-corrected chi connectivity index (χ4v) is 6.03. The molecule has 0 radical (unpaired) electrons. The molecule has 0 aliphatic carbocycles. The first-order valence-electron chi connectivity index (χ1n) is 14.3. The van der Waals surface area contributed by atoms with Gasteiger partial charge in [-0.05, 0) is 48.5 Å². The summed E-state index contributed by atoms with van der Waals surface area (Å²) in [6.45, 7) is 5.17. The molecule has 3 atom stereocenters. The lowest BCUT2D eigenvalue weighted by atomic mass is 10.0. The topological polar surface area (TPSA) is 118 Å². The third kappa shape index (κ3) is 6.25. The van der Waals surface area contributed by atoms with Crippen LogP contribution in [0.15, 0.2) is 59.1 Å². The SMILES string of the molecule is CN[C@@H](C)C(=O)N[C@H]1COc2c(C(=O)N3CCN(CCO)CC3)cccc2N(Cc2ccc(Br)c3ccccc23)C1O. The smallest absolute Gasteiger partial charge is 0.257 e. The van der Waals surface area contributed by atoms with Gasteiger partial charge in [-0.3, -0.25) is 14.5 Å². The van der Waals surface area contributed by atoms with Crippen LogP contribution in [0.5, 0.6) is 5.75 Å². The summed E-state index contributed by atoms with van der Waals surface area (Å²) in [5, 5.41) is 29.0. The highest BCUT2D eigenvalue weighted by Gasteiger charge is 2.36. The quantitative estimate of drug-likeness (QED) is 0.296. The number of para-hydroxylation sites is 1. The van der Waals surface area contributed by atoms with E-state index in [1.807, 2.05) is 47.4 Å². The van der Waals surface area contributed by atoms with Crippen LogP contribution in [0.2, 0.25) is 0 Å². The fraction of sp³-hybridized carbons (Fsp3) is 0.419. The molecule has 0 aromatic heterocycles. The Hall–Kier alpha value is -3.22. The van der Waals surface area contributed by atoms with Gasteiger partial charge < -0.3 is 35.4 Å². The summed E-state index contributed by atoms with van der Waals surface area (Å²) in [6, 6.07) is 16.2. The molecule has 5 rings (SSSR count). The Morgan fingerprint density at radius 3 is 2.50 bits per heavy atom. The molecule has 1 unspecified atom stereocenters. The van der Waals surface area contributed by atoms with Crippen molar-refractivity contribution in [2.75, 3.05) is 57.9 Å². The molecule has 2 amide bonds. The molecule has 42 heavy (non-hydrogen) atoms. The van der Waals surface area contributed by atoms with E-state index < -0.39 is 18.3 Å². The third-order valence-corrected chi connectivity index (χ3v) is 8.84. The number of β-amino-alcohol motifs (C(OH)–C–C–N with tert-alkyl or cyclic N) is 1. The number of halogens is 1. The molecule has 4 N–H and O–H groups in total. The van der Waals surface area contributed by atoms with Gasteiger partial charge in [-0.25, -0.2) is 0 Å². The van der Waals surface area contributed by atoms with Crippen molar-refractivity contribution in [3.8, 4) is 5.75 Å². The van der Waals surface area contributed by atoms with E-state index in [1.54, 1.807) is 31.0 Å². The highest BCUT2D eigenvalue weighted by atomic mass is 79.9. The predicted molar refractivity (Wildman–Crippen MR) is 166 cm³/mol. The van der Waals surface area contributed by atoms with Crippen LogP contribution in [0, 0.1) is 0 Å². The number of aliphatic hydroxyl groups excluding tert-OH is 2. The normalized spacial score (nSPS) is 20.0. The Kier molecular flexibility index (Phi) is 9.64. The number of likely N-dealkylation sites (N-methyl/N-ethyl adjacent to an activating group) is 1. The van der Waals surface area contributed by atoms with E-state index in [9.17, 15) is 19.8 Å². The first-order chi connectivity index (χ1) is 20.3. The molecule has 224 valence electrons. The maximum Gasteiger partial charge on any atom is 0.257 e. The second kappa shape index (κ2) is 13.4. The van der Waals surface area contributed by atoms with Crippen molar-refractivity contribution < 1.29 is 24.5 Å². The second-order valence-electron chi connectivity index (χ2n) is 10.7. The van der Waals surface area contributed by atoms with Crippen molar-refractivity contribution in [2.24, 2.45) is 0 Å². The maximum absolute atomic E-state index is 13.8. The minimum absolute atomic E-state index is 0.0114. The van der Waals surface area contributed by atoms with Crippen molar-refractivity contribution in [1.29, 1.82) is 0 Å². The maximum atomic E-state index is 13.8. The first-order valence-corrected chi connectivity index (χ1v) is 15.1. The number of carbonyl (C=O) groups is 2. The minimum atomic E-state index is -1.13. The molecule has 2 aliphatic rings. The van der Waals surface area contributed by atoms with E-state index >= 15 is 0 Å². The van der Waals surface area contributed by atoms with Crippen LogP contribution in [0.1, 0.15) is 22.8 Å². The number of hydrogen-bond donors (Lipinski definition) is 4. The van der Waals surface area contributed by atoms with Crippen molar-refractivity contribution in [2.45, 2.75) is 31.8 Å². The van der Waals surface area contributed by atoms with Gasteiger partial charge in [-0.1, -0.05) is 52.3 Å². The van der Waals surface area contributed by atoms with E-state index in [0.29, 0.717) is 56.3 Å². The number of benzene rings is 3. The van der Waals surface area contributed by atoms with E-state index in [4.69, 9.17) is 4.74 Å². The van der Waals surface area contributed by atoms with Gasteiger partial charge in [0, 0.05) is 43.7 Å². The summed E-state index contributed by atoms with van der Waals surface area (Å²) in [7, 11) is 1.70. The van der Waals surface area contributed by atoms with Crippen molar-refractivity contribution in [3.63, 3.8) is 0 Å². The van der Waals surface area contributed by atoms with Gasteiger partial charge in [-0.2, -0.15) is 0 Å². The summed E-state index contributed by atoms with van der Waals surface area (Å²) in [6.07, 6.45) is -1.13. The Bertz CT molecular complexity index is 1430. The molecule has 3 aromatic carbocycles. The Morgan fingerprint density at radius 1 is 1.05 bits per heavy atom. The lowest BCUT2D eigenvalue weighted by Gasteiger charge is -2.35. The molecule has 0 spiro atoms. The number of hydrogen-bond acceptors (Lipinski definition) is 8. The monoisotopic (exact) mass is 639 g/mol. The molecule has 3 aromatic rings. The Morgan fingerprint density at radius 2 is 1.79 bits per heavy atom. The van der Waals surface area contributed by atoms with Crippen LogP contribution in [-0.2, 0) is 11.3 Å². The van der Waals surface area contributed by atoms with E-state index in [1.165, 1.54) is 0 Å².